The van der Waals surface area contributed by atoms with Crippen molar-refractivity contribution in [3.63, 3.8) is 0 Å². The van der Waals surface area contributed by atoms with E-state index in [0.717, 1.165) is 20.8 Å². The molecule has 0 bridgehead atoms. The van der Waals surface area contributed by atoms with Crippen LogP contribution in [0.25, 0.3) is 20.8 Å². The summed E-state index contributed by atoms with van der Waals surface area (Å²) in [7, 11) is 0. The molecule has 40 heavy (non-hydrogen) atoms. The first-order valence-electron chi connectivity index (χ1n) is 12.3. The number of carbonyl (C=O) groups is 3. The number of rotatable bonds is 9. The Morgan fingerprint density at radius 1 is 0.825 bits per heavy atom. The van der Waals surface area contributed by atoms with Gasteiger partial charge in [0, 0.05) is 34.9 Å². The molecule has 11 heteroatoms. The summed E-state index contributed by atoms with van der Waals surface area (Å²) in [4.78, 5) is 45.2. The fraction of sp³-hybridized carbons (Fsp3) is 0.138. The maximum absolute atomic E-state index is 12.6. The summed E-state index contributed by atoms with van der Waals surface area (Å²) in [5, 5.41) is 11.2. The van der Waals surface area contributed by atoms with Gasteiger partial charge in [-0.15, -0.1) is 22.7 Å². The molecule has 0 aliphatic carbocycles. The molecule has 5 aromatic rings. The molecule has 0 unspecified atom stereocenters. The average Bonchev–Trinajstić information content (AvgIpc) is 3.55. The highest BCUT2D eigenvalue weighted by atomic mass is 32.2. The first-order chi connectivity index (χ1) is 19.3. The summed E-state index contributed by atoms with van der Waals surface area (Å²) in [5.41, 5.74) is 5.86. The van der Waals surface area contributed by atoms with Gasteiger partial charge in [-0.1, -0.05) is 17.8 Å². The Hall–Kier alpha value is -4.06. The zero-order valence-corrected chi connectivity index (χ0v) is 24.1. The monoisotopic (exact) mass is 587 g/mol. The molecular weight excluding hydrogens is 563 g/mol. The largest absolute Gasteiger partial charge is 0.326 e. The van der Waals surface area contributed by atoms with Gasteiger partial charge in [-0.2, -0.15) is 0 Å². The fourth-order valence-corrected chi connectivity index (χ4v) is 6.54. The maximum atomic E-state index is 12.6. The van der Waals surface area contributed by atoms with Crippen LogP contribution >= 0.6 is 34.4 Å². The molecule has 0 atom stereocenters. The first kappa shape index (κ1) is 27.5. The number of thiazole rings is 2. The summed E-state index contributed by atoms with van der Waals surface area (Å²) in [6.07, 6.45) is 0.142. The van der Waals surface area contributed by atoms with Crippen LogP contribution in [0.4, 0.5) is 17.1 Å². The summed E-state index contributed by atoms with van der Waals surface area (Å²) in [5.74, 6) is -0.298. The molecule has 3 amide bonds. The minimum absolute atomic E-state index is 0.142. The lowest BCUT2D eigenvalue weighted by atomic mass is 10.2. The molecular formula is C29H25N5O3S3. The van der Waals surface area contributed by atoms with Gasteiger partial charge in [0.25, 0.3) is 0 Å². The number of hydrogen-bond acceptors (Lipinski definition) is 8. The second kappa shape index (κ2) is 12.4. The van der Waals surface area contributed by atoms with Gasteiger partial charge in [0.2, 0.25) is 17.7 Å². The van der Waals surface area contributed by atoms with Gasteiger partial charge >= 0.3 is 0 Å². The normalized spacial score (nSPS) is 10.8. The number of benzene rings is 3. The zero-order valence-electron chi connectivity index (χ0n) is 21.7. The molecule has 5 rings (SSSR count). The average molecular weight is 588 g/mol. The van der Waals surface area contributed by atoms with Crippen LogP contribution < -0.4 is 16.0 Å². The van der Waals surface area contributed by atoms with Crippen molar-refractivity contribution in [2.45, 2.75) is 24.6 Å². The Morgan fingerprint density at radius 3 is 2.17 bits per heavy atom. The van der Waals surface area contributed by atoms with Crippen molar-refractivity contribution in [3.05, 3.63) is 83.4 Å². The van der Waals surface area contributed by atoms with Crippen LogP contribution in [0.15, 0.2) is 76.4 Å². The number of anilines is 3. The van der Waals surface area contributed by atoms with Crippen molar-refractivity contribution in [1.29, 1.82) is 0 Å². The molecule has 2 aromatic heterocycles. The van der Waals surface area contributed by atoms with E-state index in [1.54, 1.807) is 35.6 Å². The molecule has 8 nitrogen and oxygen atoms in total. The minimum atomic E-state index is -0.170. The second-order valence-corrected chi connectivity index (χ2v) is 12.1. The third-order valence-electron chi connectivity index (χ3n) is 5.65. The predicted octanol–water partition coefficient (Wildman–Crippen LogP) is 6.60. The molecule has 0 aliphatic rings. The van der Waals surface area contributed by atoms with Gasteiger partial charge in [0.1, 0.15) is 5.01 Å². The highest BCUT2D eigenvalue weighted by molar-refractivity contribution is 8.01. The van der Waals surface area contributed by atoms with Crippen molar-refractivity contribution in [2.75, 3.05) is 21.7 Å². The Labute approximate surface area is 243 Å². The molecule has 2 heterocycles. The third-order valence-corrected chi connectivity index (χ3v) is 8.78. The van der Waals surface area contributed by atoms with Crippen LogP contribution in [0.3, 0.4) is 0 Å². The lowest BCUT2D eigenvalue weighted by Gasteiger charge is -2.06. The van der Waals surface area contributed by atoms with Crippen molar-refractivity contribution < 1.29 is 14.4 Å². The molecule has 3 N–H and O–H groups in total. The first-order valence-corrected chi connectivity index (χ1v) is 15.0. The summed E-state index contributed by atoms with van der Waals surface area (Å²) >= 11 is 4.37. The van der Waals surface area contributed by atoms with Gasteiger partial charge in [0.05, 0.1) is 28.1 Å². The molecule has 0 spiro atoms. The Morgan fingerprint density at radius 2 is 1.48 bits per heavy atom. The fourth-order valence-electron chi connectivity index (χ4n) is 3.82. The molecule has 0 radical (unpaired) electrons. The van der Waals surface area contributed by atoms with E-state index < -0.39 is 0 Å². The van der Waals surface area contributed by atoms with Crippen molar-refractivity contribution in [1.82, 2.24) is 9.97 Å². The lowest BCUT2D eigenvalue weighted by molar-refractivity contribution is -0.116. The SMILES string of the molecule is CC(=O)Nc1ccc(NC(=O)CSc2nc(CC(=O)Nc3ccc(-c4nc5ccc(C)cc5s4)cc3)cs2)cc1. The molecule has 0 saturated heterocycles. The Kier molecular flexibility index (Phi) is 8.54. The van der Waals surface area contributed by atoms with Crippen LogP contribution in [0.1, 0.15) is 18.2 Å². The van der Waals surface area contributed by atoms with Crippen LogP contribution in [0.5, 0.6) is 0 Å². The van der Waals surface area contributed by atoms with E-state index >= 15 is 0 Å². The van der Waals surface area contributed by atoms with Gasteiger partial charge in [-0.05, 0) is 73.2 Å². The number of aryl methyl sites for hydroxylation is 1. The lowest BCUT2D eigenvalue weighted by Crippen LogP contribution is -2.15. The van der Waals surface area contributed by atoms with Crippen LogP contribution in [-0.2, 0) is 20.8 Å². The highest BCUT2D eigenvalue weighted by Crippen LogP contribution is 2.31. The van der Waals surface area contributed by atoms with E-state index in [2.05, 4.69) is 40.0 Å². The predicted molar refractivity (Wildman–Crippen MR) is 164 cm³/mol. The van der Waals surface area contributed by atoms with Crippen molar-refractivity contribution in [2.24, 2.45) is 0 Å². The minimum Gasteiger partial charge on any atom is -0.326 e. The number of nitrogens with zero attached hydrogens (tertiary/aromatic N) is 2. The molecule has 0 fully saturated rings. The van der Waals surface area contributed by atoms with E-state index in [4.69, 9.17) is 4.98 Å². The van der Waals surface area contributed by atoms with Gasteiger partial charge in [-0.25, -0.2) is 9.97 Å². The van der Waals surface area contributed by atoms with Gasteiger partial charge in [0.15, 0.2) is 4.34 Å². The number of nitrogens with one attached hydrogen (secondary N) is 3. The Balaban J connectivity index is 1.09. The standard InChI is InChI=1S/C29H25N5O3S3/c1-17-3-12-24-25(13-17)40-28(34-24)19-4-6-21(7-5-19)31-26(36)14-23-15-38-29(33-23)39-16-27(37)32-22-10-8-20(9-11-22)30-18(2)35/h3-13,15H,14,16H2,1-2H3,(H,30,35)(H,31,36)(H,32,37). The number of carbonyl (C=O) groups excluding carboxylic acids is 3. The third kappa shape index (κ3) is 7.32. The quantitative estimate of drug-likeness (QED) is 0.168. The van der Waals surface area contributed by atoms with E-state index in [1.165, 1.54) is 35.6 Å². The summed E-state index contributed by atoms with van der Waals surface area (Å²) < 4.78 is 1.87. The number of amides is 3. The van der Waals surface area contributed by atoms with Gasteiger partial charge in [-0.3, -0.25) is 14.4 Å². The van der Waals surface area contributed by atoms with E-state index in [1.807, 2.05) is 35.7 Å². The van der Waals surface area contributed by atoms with E-state index in [-0.39, 0.29) is 29.9 Å². The molecule has 0 saturated carbocycles. The number of thioether (sulfide) groups is 1. The van der Waals surface area contributed by atoms with Crippen molar-refractivity contribution >= 4 is 79.4 Å². The van der Waals surface area contributed by atoms with Crippen molar-refractivity contribution in [3.8, 4) is 10.6 Å². The summed E-state index contributed by atoms with van der Waals surface area (Å²) in [6, 6.07) is 20.8. The number of fused-ring (bicyclic) bond motifs is 1. The van der Waals surface area contributed by atoms with E-state index in [9.17, 15) is 14.4 Å². The van der Waals surface area contributed by atoms with E-state index in [0.29, 0.717) is 27.1 Å². The molecule has 3 aromatic carbocycles. The Bertz CT molecular complexity index is 1680. The van der Waals surface area contributed by atoms with Crippen LogP contribution in [0.2, 0.25) is 0 Å². The smallest absolute Gasteiger partial charge is 0.234 e. The van der Waals surface area contributed by atoms with Crippen LogP contribution in [-0.4, -0.2) is 33.4 Å². The summed E-state index contributed by atoms with van der Waals surface area (Å²) in [6.45, 7) is 3.51. The van der Waals surface area contributed by atoms with Crippen LogP contribution in [0, 0.1) is 6.92 Å². The zero-order chi connectivity index (χ0) is 28.1. The molecule has 202 valence electrons. The maximum Gasteiger partial charge on any atom is 0.234 e. The van der Waals surface area contributed by atoms with Gasteiger partial charge < -0.3 is 16.0 Å². The topological polar surface area (TPSA) is 113 Å². The molecule has 0 aliphatic heterocycles. The number of aromatic nitrogens is 2. The highest BCUT2D eigenvalue weighted by Gasteiger charge is 2.12. The number of hydrogen-bond donors (Lipinski definition) is 3. The second-order valence-electron chi connectivity index (χ2n) is 8.99.